The summed E-state index contributed by atoms with van der Waals surface area (Å²) >= 11 is 0. The number of fused-ring (bicyclic) bond motifs is 1. The van der Waals surface area contributed by atoms with Crippen LogP contribution in [0.25, 0.3) is 33.8 Å². The highest BCUT2D eigenvalue weighted by atomic mass is 19.1. The summed E-state index contributed by atoms with van der Waals surface area (Å²) in [6.07, 6.45) is 14.9. The SMILES string of the molecule is CC1(n2nc(-c3noc(C4CC4)c3-c3ncc(C4CCN(C(=O)OCC(=O)N5CCC(CN6CCN(c7c(F)cc(NC8CCC(=O)NC8=O)cc7F)CC6)CC5)CC4)cn3)c3c(N)ncnc32)C=CC1. The van der Waals surface area contributed by atoms with E-state index in [-0.39, 0.29) is 60.0 Å². The predicted octanol–water partition coefficient (Wildman–Crippen LogP) is 4.95. The molecule has 2 atom stereocenters. The molecular formula is C49H56F2N14O6. The Morgan fingerprint density at radius 1 is 0.887 bits per heavy atom. The summed E-state index contributed by atoms with van der Waals surface area (Å²) in [6, 6.07) is 1.63. The van der Waals surface area contributed by atoms with Crippen LogP contribution in [0, 0.1) is 17.6 Å². The summed E-state index contributed by atoms with van der Waals surface area (Å²) in [6.45, 7) is 6.79. The van der Waals surface area contributed by atoms with Gasteiger partial charge in [0.15, 0.2) is 35.5 Å². The summed E-state index contributed by atoms with van der Waals surface area (Å²) < 4.78 is 43.9. The number of carbonyl (C=O) groups excluding carboxylic acids is 4. The molecule has 71 heavy (non-hydrogen) atoms. The second kappa shape index (κ2) is 18.9. The number of nitrogen functional groups attached to an aromatic ring is 1. The average Bonchev–Trinajstić information content (AvgIpc) is 3.99. The lowest BCUT2D eigenvalue weighted by atomic mass is 9.88. The standard InChI is InChI=1S/C49H56F2N14O6/c1-49(11-2-12-49)65-46-39(44(52)55-27-56-46)40(59-65)41-38(43(71-60-41)30-3-4-30)45-53-23-31(24-54-45)29-9-15-64(16-10-29)48(69)70-26-37(67)62-13-7-28(8-14-62)25-61-17-19-63(20-18-61)42-33(50)21-32(22-34(42)51)57-35-5-6-36(66)58-47(35)68/h2,11,21-24,27-30,35,57H,3-10,12-20,25-26H2,1H3,(H2,52,55,56)(H,58,66,68). The van der Waals surface area contributed by atoms with E-state index in [1.165, 1.54) is 18.5 Å². The number of amides is 4. The molecule has 4 saturated heterocycles. The van der Waals surface area contributed by atoms with Crippen molar-refractivity contribution >= 4 is 52.0 Å². The normalized spacial score (nSPS) is 22.5. The van der Waals surface area contributed by atoms with Gasteiger partial charge in [0.2, 0.25) is 11.8 Å². The van der Waals surface area contributed by atoms with E-state index in [0.717, 1.165) is 50.0 Å². The Morgan fingerprint density at radius 3 is 2.25 bits per heavy atom. The third kappa shape index (κ3) is 9.24. The minimum Gasteiger partial charge on any atom is -0.439 e. The first-order valence-corrected chi connectivity index (χ1v) is 24.6. The molecule has 4 aromatic heterocycles. The maximum Gasteiger partial charge on any atom is 0.410 e. The van der Waals surface area contributed by atoms with Crippen molar-refractivity contribution in [3.05, 3.63) is 66.0 Å². The maximum absolute atomic E-state index is 15.3. The number of rotatable bonds is 12. The van der Waals surface area contributed by atoms with Crippen molar-refractivity contribution in [2.75, 3.05) is 81.5 Å². The lowest BCUT2D eigenvalue weighted by Crippen LogP contribution is -2.50. The molecule has 372 valence electrons. The van der Waals surface area contributed by atoms with Crippen molar-refractivity contribution < 1.29 is 37.2 Å². The topological polar surface area (TPSA) is 236 Å². The Labute approximate surface area is 407 Å². The number of piperidine rings is 3. The van der Waals surface area contributed by atoms with Crippen LogP contribution in [0.1, 0.15) is 87.9 Å². The van der Waals surface area contributed by atoms with Gasteiger partial charge in [-0.1, -0.05) is 17.3 Å². The van der Waals surface area contributed by atoms with Gasteiger partial charge in [0.1, 0.15) is 35.3 Å². The molecule has 6 aliphatic rings. The lowest BCUT2D eigenvalue weighted by Gasteiger charge is -2.39. The third-order valence-corrected chi connectivity index (χ3v) is 15.1. The van der Waals surface area contributed by atoms with Crippen molar-refractivity contribution in [3.8, 4) is 22.8 Å². The van der Waals surface area contributed by atoms with Crippen molar-refractivity contribution in [1.82, 2.24) is 54.9 Å². The summed E-state index contributed by atoms with van der Waals surface area (Å²) in [7, 11) is 0. The lowest BCUT2D eigenvalue weighted by molar-refractivity contribution is -0.136. The number of nitrogens with one attached hydrogen (secondary N) is 2. The molecule has 5 fully saturated rings. The van der Waals surface area contributed by atoms with Crippen LogP contribution >= 0.6 is 0 Å². The molecule has 0 spiro atoms. The fourth-order valence-electron chi connectivity index (χ4n) is 10.7. The first-order chi connectivity index (χ1) is 34.4. The molecule has 20 nitrogen and oxygen atoms in total. The molecule has 4 N–H and O–H groups in total. The van der Waals surface area contributed by atoms with Gasteiger partial charge < -0.3 is 35.0 Å². The molecule has 0 bridgehead atoms. The minimum atomic E-state index is -0.745. The largest absolute Gasteiger partial charge is 0.439 e. The van der Waals surface area contributed by atoms with E-state index in [4.69, 9.17) is 30.1 Å². The van der Waals surface area contributed by atoms with Crippen LogP contribution in [-0.4, -0.2) is 145 Å². The fraction of sp³-hybridized carbons (Fsp3) is 0.510. The van der Waals surface area contributed by atoms with Crippen LogP contribution in [0.2, 0.25) is 0 Å². The zero-order chi connectivity index (χ0) is 49.0. The maximum atomic E-state index is 15.3. The number of likely N-dealkylation sites (tertiary alicyclic amines) is 2. The molecule has 1 aromatic carbocycles. The number of halogens is 2. The van der Waals surface area contributed by atoms with Gasteiger partial charge >= 0.3 is 6.09 Å². The van der Waals surface area contributed by atoms with Gasteiger partial charge in [-0.05, 0) is 87.8 Å². The van der Waals surface area contributed by atoms with Crippen LogP contribution in [0.3, 0.4) is 0 Å². The first kappa shape index (κ1) is 46.3. The Balaban J connectivity index is 0.628. The van der Waals surface area contributed by atoms with Crippen LogP contribution in [0.15, 0.2) is 47.5 Å². The number of benzene rings is 1. The number of nitrogens with zero attached hydrogens (tertiary/aromatic N) is 11. The van der Waals surface area contributed by atoms with E-state index >= 15 is 8.78 Å². The third-order valence-electron chi connectivity index (χ3n) is 15.1. The number of hydrogen-bond acceptors (Lipinski definition) is 16. The van der Waals surface area contributed by atoms with Gasteiger partial charge in [-0.3, -0.25) is 24.6 Å². The van der Waals surface area contributed by atoms with Gasteiger partial charge in [-0.2, -0.15) is 5.10 Å². The molecule has 2 unspecified atom stereocenters. The molecule has 2 aliphatic carbocycles. The number of imide groups is 1. The highest BCUT2D eigenvalue weighted by molar-refractivity contribution is 6.02. The van der Waals surface area contributed by atoms with E-state index in [1.54, 1.807) is 14.7 Å². The minimum absolute atomic E-state index is 0.0938. The van der Waals surface area contributed by atoms with E-state index in [1.807, 2.05) is 17.1 Å². The second-order valence-corrected chi connectivity index (χ2v) is 19.9. The Hall–Kier alpha value is -7.10. The van der Waals surface area contributed by atoms with Gasteiger partial charge in [-0.25, -0.2) is 38.2 Å². The number of allylic oxidation sites excluding steroid dienone is 2. The summed E-state index contributed by atoms with van der Waals surface area (Å²) in [4.78, 5) is 75.8. The molecule has 11 rings (SSSR count). The molecule has 4 amide bonds. The summed E-state index contributed by atoms with van der Waals surface area (Å²) in [5.74, 6) is -0.339. The summed E-state index contributed by atoms with van der Waals surface area (Å²) in [5.41, 5.74) is 9.43. The van der Waals surface area contributed by atoms with Gasteiger partial charge in [0.05, 0.1) is 16.5 Å². The second-order valence-electron chi connectivity index (χ2n) is 19.9. The van der Waals surface area contributed by atoms with E-state index in [9.17, 15) is 19.2 Å². The van der Waals surface area contributed by atoms with Crippen LogP contribution < -0.4 is 21.3 Å². The fourth-order valence-corrected chi connectivity index (χ4v) is 10.7. The first-order valence-electron chi connectivity index (χ1n) is 24.6. The predicted molar refractivity (Wildman–Crippen MR) is 255 cm³/mol. The Bertz CT molecular complexity index is 2880. The number of nitrogens with two attached hydrogens (primary N) is 1. The van der Waals surface area contributed by atoms with Gasteiger partial charge in [0, 0.05) is 89.3 Å². The monoisotopic (exact) mass is 974 g/mol. The number of anilines is 3. The van der Waals surface area contributed by atoms with Crippen molar-refractivity contribution in [2.45, 2.75) is 88.1 Å². The van der Waals surface area contributed by atoms with E-state index in [0.29, 0.717) is 111 Å². The highest BCUT2D eigenvalue weighted by Gasteiger charge is 2.39. The Kier molecular flexibility index (Phi) is 12.3. The van der Waals surface area contributed by atoms with Crippen molar-refractivity contribution in [1.29, 1.82) is 0 Å². The van der Waals surface area contributed by atoms with Crippen LogP contribution in [0.4, 0.5) is 30.8 Å². The number of hydrogen-bond donors (Lipinski definition) is 3. The number of carbonyl (C=O) groups is 4. The molecule has 0 radical (unpaired) electrons. The number of ether oxygens (including phenoxy) is 1. The number of piperazine rings is 1. The molecule has 1 saturated carbocycles. The smallest absolute Gasteiger partial charge is 0.410 e. The number of aromatic nitrogens is 7. The summed E-state index contributed by atoms with van der Waals surface area (Å²) in [5, 5.41) is 15.2. The van der Waals surface area contributed by atoms with Crippen molar-refractivity contribution in [3.63, 3.8) is 0 Å². The van der Waals surface area contributed by atoms with E-state index in [2.05, 4.69) is 49.7 Å². The quantitative estimate of drug-likeness (QED) is 0.111. The molecule has 22 heteroatoms. The molecule has 4 aliphatic heterocycles. The Morgan fingerprint density at radius 2 is 1.59 bits per heavy atom. The molecule has 8 heterocycles. The highest BCUT2D eigenvalue weighted by Crippen LogP contribution is 2.48. The van der Waals surface area contributed by atoms with Crippen LogP contribution in [-0.2, 0) is 24.7 Å². The van der Waals surface area contributed by atoms with Crippen LogP contribution in [0.5, 0.6) is 0 Å². The van der Waals surface area contributed by atoms with Crippen molar-refractivity contribution in [2.24, 2.45) is 5.92 Å². The molecule has 5 aromatic rings. The van der Waals surface area contributed by atoms with Gasteiger partial charge in [0.25, 0.3) is 5.91 Å². The molecular weight excluding hydrogens is 919 g/mol. The zero-order valence-corrected chi connectivity index (χ0v) is 39.5. The van der Waals surface area contributed by atoms with E-state index < -0.39 is 29.7 Å². The van der Waals surface area contributed by atoms with Gasteiger partial charge in [-0.15, -0.1) is 0 Å². The zero-order valence-electron chi connectivity index (χ0n) is 39.5. The average molecular weight is 975 g/mol.